The molecule has 116 valence electrons. The average Bonchev–Trinajstić information content (AvgIpc) is 2.93. The van der Waals surface area contributed by atoms with Crippen molar-refractivity contribution in [3.63, 3.8) is 0 Å². The smallest absolute Gasteiger partial charge is 0.248 e. The number of hydrogen-bond donors (Lipinski definition) is 1. The van der Waals surface area contributed by atoms with Crippen LogP contribution in [0.3, 0.4) is 0 Å². The van der Waals surface area contributed by atoms with Gasteiger partial charge in [0.2, 0.25) is 5.91 Å². The lowest BCUT2D eigenvalue weighted by atomic mass is 10.3. The third-order valence-corrected chi connectivity index (χ3v) is 3.87. The molecule has 1 heterocycles. The van der Waals surface area contributed by atoms with Crippen molar-refractivity contribution < 1.29 is 14.3 Å². The molecule has 0 fully saturated rings. The fraction of sp³-hybridized carbons (Fsp3) is 0.188. The molecule has 0 saturated heterocycles. The zero-order valence-electron chi connectivity index (χ0n) is 12.0. The number of carbonyl (C=O) groups is 1. The zero-order valence-corrected chi connectivity index (χ0v) is 13.6. The van der Waals surface area contributed by atoms with Crippen LogP contribution in [-0.4, -0.2) is 26.2 Å². The van der Waals surface area contributed by atoms with E-state index in [4.69, 9.17) is 21.1 Å². The maximum absolute atomic E-state index is 11.8. The Kier molecular flexibility index (Phi) is 6.45. The minimum Gasteiger partial charge on any atom is -0.491 e. The molecule has 2 aromatic rings. The van der Waals surface area contributed by atoms with Gasteiger partial charge in [0.25, 0.3) is 0 Å². The van der Waals surface area contributed by atoms with Gasteiger partial charge in [-0.25, -0.2) is 0 Å². The molecule has 0 radical (unpaired) electrons. The van der Waals surface area contributed by atoms with Gasteiger partial charge in [-0.05, 0) is 42.5 Å². The first-order valence-corrected chi connectivity index (χ1v) is 7.83. The second-order valence-corrected chi connectivity index (χ2v) is 6.08. The third-order valence-electron chi connectivity index (χ3n) is 2.67. The second-order valence-electron chi connectivity index (χ2n) is 4.33. The minimum atomic E-state index is -0.197. The number of methoxy groups -OCH3 is 1. The molecule has 0 aliphatic heterocycles. The van der Waals surface area contributed by atoms with Crippen molar-refractivity contribution in [1.82, 2.24) is 0 Å². The summed E-state index contributed by atoms with van der Waals surface area (Å²) in [6.45, 7) is 1.03. The predicted octanol–water partition coefficient (Wildman–Crippen LogP) is 4.08. The molecule has 6 heteroatoms. The van der Waals surface area contributed by atoms with Crippen molar-refractivity contribution in [2.24, 2.45) is 0 Å². The second kappa shape index (κ2) is 8.58. The fourth-order valence-electron chi connectivity index (χ4n) is 1.64. The third kappa shape index (κ3) is 5.52. The van der Waals surface area contributed by atoms with E-state index in [0.717, 1.165) is 10.6 Å². The van der Waals surface area contributed by atoms with Gasteiger partial charge in [0.15, 0.2) is 0 Å². The molecule has 1 aromatic heterocycles. The van der Waals surface area contributed by atoms with Crippen LogP contribution in [0.5, 0.6) is 5.75 Å². The Morgan fingerprint density at radius 3 is 2.64 bits per heavy atom. The number of benzene rings is 1. The lowest BCUT2D eigenvalue weighted by molar-refractivity contribution is -0.111. The molecule has 1 amide bonds. The Hall–Kier alpha value is -1.82. The molecule has 0 spiro atoms. The largest absolute Gasteiger partial charge is 0.491 e. The quantitative estimate of drug-likeness (QED) is 0.611. The van der Waals surface area contributed by atoms with Gasteiger partial charge in [0, 0.05) is 23.8 Å². The normalized spacial score (nSPS) is 10.8. The van der Waals surface area contributed by atoms with E-state index < -0.39 is 0 Å². The molecule has 2 rings (SSSR count). The molecular formula is C16H16ClNO3S. The Labute approximate surface area is 138 Å². The highest BCUT2D eigenvalue weighted by Crippen LogP contribution is 2.22. The van der Waals surface area contributed by atoms with E-state index in [0.29, 0.717) is 23.2 Å². The van der Waals surface area contributed by atoms with Gasteiger partial charge in [-0.1, -0.05) is 11.6 Å². The van der Waals surface area contributed by atoms with E-state index in [1.54, 1.807) is 43.5 Å². The van der Waals surface area contributed by atoms with Gasteiger partial charge in [-0.15, -0.1) is 11.3 Å². The van der Waals surface area contributed by atoms with Crippen LogP contribution in [-0.2, 0) is 9.53 Å². The SMILES string of the molecule is COCCOc1ccc(NC(=O)/C=C/c2ccc(Cl)s2)cc1. The lowest BCUT2D eigenvalue weighted by Gasteiger charge is -2.06. The summed E-state index contributed by atoms with van der Waals surface area (Å²) < 4.78 is 11.1. The van der Waals surface area contributed by atoms with Crippen LogP contribution in [0, 0.1) is 0 Å². The van der Waals surface area contributed by atoms with Crippen molar-refractivity contribution in [3.05, 3.63) is 51.7 Å². The summed E-state index contributed by atoms with van der Waals surface area (Å²) >= 11 is 7.25. The summed E-state index contributed by atoms with van der Waals surface area (Å²) in [5, 5.41) is 2.78. The molecule has 0 saturated carbocycles. The Bertz CT molecular complexity index is 637. The highest BCUT2D eigenvalue weighted by atomic mass is 35.5. The number of hydrogen-bond acceptors (Lipinski definition) is 4. The summed E-state index contributed by atoms with van der Waals surface area (Å²) in [5.74, 6) is 0.538. The first-order chi connectivity index (χ1) is 10.7. The average molecular weight is 338 g/mol. The molecule has 4 nitrogen and oxygen atoms in total. The highest BCUT2D eigenvalue weighted by Gasteiger charge is 2.00. The number of thiophene rings is 1. The maximum atomic E-state index is 11.8. The molecular weight excluding hydrogens is 322 g/mol. The highest BCUT2D eigenvalue weighted by molar-refractivity contribution is 7.17. The van der Waals surface area contributed by atoms with Gasteiger partial charge in [0.1, 0.15) is 12.4 Å². The number of amides is 1. The van der Waals surface area contributed by atoms with Gasteiger partial charge in [-0.3, -0.25) is 4.79 Å². The van der Waals surface area contributed by atoms with Gasteiger partial charge < -0.3 is 14.8 Å². The number of halogens is 1. The summed E-state index contributed by atoms with van der Waals surface area (Å²) in [7, 11) is 1.62. The molecule has 1 N–H and O–H groups in total. The number of nitrogens with one attached hydrogen (secondary N) is 1. The van der Waals surface area contributed by atoms with Crippen molar-refractivity contribution in [2.75, 3.05) is 25.6 Å². The first kappa shape index (κ1) is 16.5. The summed E-state index contributed by atoms with van der Waals surface area (Å²) in [5.41, 5.74) is 0.706. The zero-order chi connectivity index (χ0) is 15.8. The standard InChI is InChI=1S/C16H16ClNO3S/c1-20-10-11-21-13-4-2-12(3-5-13)18-16(19)9-7-14-6-8-15(17)22-14/h2-9H,10-11H2,1H3,(H,18,19)/b9-7+. The number of anilines is 1. The summed E-state index contributed by atoms with van der Waals surface area (Å²) in [6, 6.07) is 10.8. The summed E-state index contributed by atoms with van der Waals surface area (Å²) in [4.78, 5) is 12.7. The molecule has 0 aliphatic carbocycles. The van der Waals surface area contributed by atoms with E-state index >= 15 is 0 Å². The van der Waals surface area contributed by atoms with Crippen LogP contribution in [0.25, 0.3) is 6.08 Å². The number of carbonyl (C=O) groups excluding carboxylic acids is 1. The first-order valence-electron chi connectivity index (χ1n) is 6.63. The summed E-state index contributed by atoms with van der Waals surface area (Å²) in [6.07, 6.45) is 3.21. The van der Waals surface area contributed by atoms with Crippen LogP contribution in [0.2, 0.25) is 4.34 Å². The van der Waals surface area contributed by atoms with Crippen molar-refractivity contribution in [3.8, 4) is 5.75 Å². The molecule has 22 heavy (non-hydrogen) atoms. The maximum Gasteiger partial charge on any atom is 0.248 e. The van der Waals surface area contributed by atoms with Crippen molar-refractivity contribution >= 4 is 40.6 Å². The van der Waals surface area contributed by atoms with E-state index in [9.17, 15) is 4.79 Å². The van der Waals surface area contributed by atoms with Crippen molar-refractivity contribution in [2.45, 2.75) is 0 Å². The van der Waals surface area contributed by atoms with E-state index in [-0.39, 0.29) is 5.91 Å². The van der Waals surface area contributed by atoms with Crippen LogP contribution in [0.4, 0.5) is 5.69 Å². The molecule has 0 atom stereocenters. The number of rotatable bonds is 7. The van der Waals surface area contributed by atoms with E-state index in [1.165, 1.54) is 17.4 Å². The van der Waals surface area contributed by atoms with Gasteiger partial charge in [-0.2, -0.15) is 0 Å². The van der Waals surface area contributed by atoms with Crippen LogP contribution in [0.15, 0.2) is 42.5 Å². The predicted molar refractivity (Wildman–Crippen MR) is 90.8 cm³/mol. The van der Waals surface area contributed by atoms with Crippen molar-refractivity contribution in [1.29, 1.82) is 0 Å². The van der Waals surface area contributed by atoms with Crippen LogP contribution < -0.4 is 10.1 Å². The molecule has 0 unspecified atom stereocenters. The Balaban J connectivity index is 1.84. The molecule has 0 aliphatic rings. The van der Waals surface area contributed by atoms with Crippen LogP contribution >= 0.6 is 22.9 Å². The topological polar surface area (TPSA) is 47.6 Å². The Morgan fingerprint density at radius 1 is 1.23 bits per heavy atom. The van der Waals surface area contributed by atoms with Gasteiger partial charge in [0.05, 0.1) is 10.9 Å². The van der Waals surface area contributed by atoms with E-state index in [1.807, 2.05) is 6.07 Å². The monoisotopic (exact) mass is 337 g/mol. The van der Waals surface area contributed by atoms with E-state index in [2.05, 4.69) is 5.32 Å². The lowest BCUT2D eigenvalue weighted by Crippen LogP contribution is -2.08. The number of ether oxygens (including phenoxy) is 2. The molecule has 0 bridgehead atoms. The fourth-order valence-corrected chi connectivity index (χ4v) is 2.60. The minimum absolute atomic E-state index is 0.197. The van der Waals surface area contributed by atoms with Gasteiger partial charge >= 0.3 is 0 Å². The Morgan fingerprint density at radius 2 is 2.00 bits per heavy atom. The van der Waals surface area contributed by atoms with Crippen LogP contribution in [0.1, 0.15) is 4.88 Å². The molecule has 1 aromatic carbocycles.